The van der Waals surface area contributed by atoms with Gasteiger partial charge in [0.2, 0.25) is 11.8 Å². The third-order valence-corrected chi connectivity index (χ3v) is 7.37. The lowest BCUT2D eigenvalue weighted by Gasteiger charge is -2.32. The third-order valence-electron chi connectivity index (χ3n) is 4.10. The van der Waals surface area contributed by atoms with Crippen LogP contribution in [0.2, 0.25) is 0 Å². The van der Waals surface area contributed by atoms with Gasteiger partial charge in [-0.2, -0.15) is 4.31 Å². The first-order valence-corrected chi connectivity index (χ1v) is 10.6. The zero-order chi connectivity index (χ0) is 18.6. The fourth-order valence-corrected chi connectivity index (χ4v) is 5.47. The molecule has 0 spiro atoms. The normalized spacial score (nSPS) is 16.8. The molecule has 0 bridgehead atoms. The van der Waals surface area contributed by atoms with Gasteiger partial charge in [-0.1, -0.05) is 6.07 Å². The summed E-state index contributed by atoms with van der Waals surface area (Å²) >= 11 is 1.20. The summed E-state index contributed by atoms with van der Waals surface area (Å²) in [4.78, 5) is 25.7. The number of amides is 2. The average molecular weight is 388 g/mol. The van der Waals surface area contributed by atoms with E-state index in [1.54, 1.807) is 24.6 Å². The first-order chi connectivity index (χ1) is 11.7. The van der Waals surface area contributed by atoms with Crippen LogP contribution in [0.25, 0.3) is 0 Å². The fourth-order valence-electron chi connectivity index (χ4n) is 2.85. The molecule has 0 aliphatic carbocycles. The Hall–Kier alpha value is -1.45. The molecule has 2 rings (SSSR count). The van der Waals surface area contributed by atoms with Gasteiger partial charge in [-0.25, -0.2) is 8.42 Å². The van der Waals surface area contributed by atoms with E-state index in [0.717, 1.165) is 0 Å². The van der Waals surface area contributed by atoms with E-state index >= 15 is 0 Å². The van der Waals surface area contributed by atoms with Gasteiger partial charge in [0.25, 0.3) is 10.0 Å². The molecule has 0 radical (unpaired) electrons. The van der Waals surface area contributed by atoms with Gasteiger partial charge in [-0.15, -0.1) is 11.3 Å². The van der Waals surface area contributed by atoms with Crippen LogP contribution in [-0.4, -0.2) is 62.2 Å². The Kier molecular flexibility index (Phi) is 6.59. The summed E-state index contributed by atoms with van der Waals surface area (Å²) in [5.74, 6) is -0.540. The second-order valence-electron chi connectivity index (χ2n) is 6.53. The molecule has 1 fully saturated rings. The van der Waals surface area contributed by atoms with Gasteiger partial charge >= 0.3 is 0 Å². The van der Waals surface area contributed by atoms with Gasteiger partial charge in [0.05, 0.1) is 6.54 Å². The summed E-state index contributed by atoms with van der Waals surface area (Å²) in [6.07, 6.45) is 0.944. The van der Waals surface area contributed by atoms with Gasteiger partial charge in [0.1, 0.15) is 4.21 Å². The highest BCUT2D eigenvalue weighted by atomic mass is 32.2. The fraction of sp³-hybridized carbons (Fsp3) is 0.625. The molecule has 0 unspecified atom stereocenters. The van der Waals surface area contributed by atoms with Gasteiger partial charge in [0.15, 0.2) is 0 Å². The average Bonchev–Trinajstić information content (AvgIpc) is 3.08. The van der Waals surface area contributed by atoms with E-state index in [0.29, 0.717) is 30.1 Å². The molecule has 1 saturated heterocycles. The van der Waals surface area contributed by atoms with Crippen LogP contribution in [0, 0.1) is 5.92 Å². The van der Waals surface area contributed by atoms with Crippen molar-refractivity contribution in [2.24, 2.45) is 5.92 Å². The van der Waals surface area contributed by atoms with Crippen molar-refractivity contribution in [2.45, 2.75) is 36.9 Å². The third kappa shape index (κ3) is 5.02. The number of nitrogens with one attached hydrogen (secondary N) is 1. The maximum atomic E-state index is 12.5. The number of nitrogens with zero attached hydrogens (tertiary/aromatic N) is 2. The van der Waals surface area contributed by atoms with Crippen LogP contribution in [0.3, 0.4) is 0 Å². The summed E-state index contributed by atoms with van der Waals surface area (Å²) in [6, 6.07) is 3.34. The first-order valence-electron chi connectivity index (χ1n) is 8.30. The molecule has 1 aromatic rings. The van der Waals surface area contributed by atoms with E-state index in [1.807, 2.05) is 13.8 Å². The largest absolute Gasteiger partial charge is 0.352 e. The molecular weight excluding hydrogens is 362 g/mol. The Bertz CT molecular complexity index is 693. The lowest BCUT2D eigenvalue weighted by atomic mass is 9.96. The topological polar surface area (TPSA) is 86.8 Å². The molecule has 1 aromatic heterocycles. The molecule has 1 N–H and O–H groups in total. The van der Waals surface area contributed by atoms with E-state index in [9.17, 15) is 18.0 Å². The highest BCUT2D eigenvalue weighted by Gasteiger charge is 2.33. The minimum absolute atomic E-state index is 0.0186. The van der Waals surface area contributed by atoms with E-state index in [1.165, 1.54) is 20.5 Å². The van der Waals surface area contributed by atoms with Gasteiger partial charge in [-0.05, 0) is 38.1 Å². The molecule has 1 aliphatic heterocycles. The monoisotopic (exact) mass is 387 g/mol. The van der Waals surface area contributed by atoms with E-state index < -0.39 is 10.0 Å². The molecule has 2 amide bonds. The summed E-state index contributed by atoms with van der Waals surface area (Å²) in [7, 11) is -1.85. The lowest BCUT2D eigenvalue weighted by molar-refractivity contribution is -0.139. The van der Waals surface area contributed by atoms with Crippen LogP contribution in [-0.2, 0) is 19.6 Å². The van der Waals surface area contributed by atoms with Crippen LogP contribution in [0.15, 0.2) is 21.7 Å². The summed E-state index contributed by atoms with van der Waals surface area (Å²) in [5, 5.41) is 4.49. The van der Waals surface area contributed by atoms with Crippen LogP contribution >= 0.6 is 11.3 Å². The minimum atomic E-state index is -3.46. The standard InChI is InChI=1S/C16H25N3O4S2/c1-12(2)17-14(20)11-18(3)16(21)13-6-8-19(9-7-13)25(22,23)15-5-4-10-24-15/h4-5,10,12-13H,6-9,11H2,1-3H3,(H,17,20). The minimum Gasteiger partial charge on any atom is -0.352 e. The van der Waals surface area contributed by atoms with Crippen LogP contribution < -0.4 is 5.32 Å². The van der Waals surface area contributed by atoms with Crippen LogP contribution in [0.4, 0.5) is 0 Å². The van der Waals surface area contributed by atoms with Gasteiger partial charge in [0, 0.05) is 32.1 Å². The number of carbonyl (C=O) groups is 2. The maximum Gasteiger partial charge on any atom is 0.252 e. The van der Waals surface area contributed by atoms with Gasteiger partial charge in [-0.3, -0.25) is 9.59 Å². The Balaban J connectivity index is 1.89. The van der Waals surface area contributed by atoms with Crippen molar-refractivity contribution in [2.75, 3.05) is 26.7 Å². The Morgan fingerprint density at radius 3 is 2.52 bits per heavy atom. The van der Waals surface area contributed by atoms with Crippen molar-refractivity contribution in [3.05, 3.63) is 17.5 Å². The van der Waals surface area contributed by atoms with Crippen LogP contribution in [0.1, 0.15) is 26.7 Å². The smallest absolute Gasteiger partial charge is 0.252 e. The lowest BCUT2D eigenvalue weighted by Crippen LogP contribution is -2.46. The molecule has 0 atom stereocenters. The number of hydrogen-bond acceptors (Lipinski definition) is 5. The summed E-state index contributed by atoms with van der Waals surface area (Å²) < 4.78 is 26.8. The van der Waals surface area contributed by atoms with Crippen molar-refractivity contribution in [1.29, 1.82) is 0 Å². The molecule has 0 saturated carbocycles. The van der Waals surface area contributed by atoms with Crippen LogP contribution in [0.5, 0.6) is 0 Å². The van der Waals surface area contributed by atoms with Gasteiger partial charge < -0.3 is 10.2 Å². The number of hydrogen-bond donors (Lipinski definition) is 1. The molecule has 9 heteroatoms. The molecule has 25 heavy (non-hydrogen) atoms. The highest BCUT2D eigenvalue weighted by molar-refractivity contribution is 7.91. The van der Waals surface area contributed by atoms with Crippen molar-refractivity contribution in [1.82, 2.24) is 14.5 Å². The van der Waals surface area contributed by atoms with E-state index in [4.69, 9.17) is 0 Å². The molecular formula is C16H25N3O4S2. The first kappa shape index (κ1) is 19.9. The zero-order valence-electron chi connectivity index (χ0n) is 14.8. The van der Waals surface area contributed by atoms with Crippen molar-refractivity contribution in [3.63, 3.8) is 0 Å². The quantitative estimate of drug-likeness (QED) is 0.793. The Morgan fingerprint density at radius 1 is 1.36 bits per heavy atom. The SMILES string of the molecule is CC(C)NC(=O)CN(C)C(=O)C1CCN(S(=O)(=O)c2cccs2)CC1. The number of likely N-dealkylation sites (N-methyl/N-ethyl adjacent to an activating group) is 1. The predicted molar refractivity (Wildman–Crippen MR) is 96.7 cm³/mol. The maximum absolute atomic E-state index is 12.5. The summed E-state index contributed by atoms with van der Waals surface area (Å²) in [6.45, 7) is 4.39. The second-order valence-corrected chi connectivity index (χ2v) is 9.64. The molecule has 140 valence electrons. The van der Waals surface area contributed by atoms with Crippen molar-refractivity contribution in [3.8, 4) is 0 Å². The van der Waals surface area contributed by atoms with Crippen molar-refractivity contribution < 1.29 is 18.0 Å². The van der Waals surface area contributed by atoms with E-state index in [2.05, 4.69) is 5.32 Å². The highest BCUT2D eigenvalue weighted by Crippen LogP contribution is 2.27. The van der Waals surface area contributed by atoms with E-state index in [-0.39, 0.29) is 30.3 Å². The molecule has 7 nitrogen and oxygen atoms in total. The number of sulfonamides is 1. The molecule has 2 heterocycles. The Labute approximate surface area is 153 Å². The number of thiophene rings is 1. The Morgan fingerprint density at radius 2 is 2.00 bits per heavy atom. The number of rotatable bonds is 6. The van der Waals surface area contributed by atoms with Crippen molar-refractivity contribution >= 4 is 33.2 Å². The zero-order valence-corrected chi connectivity index (χ0v) is 16.4. The summed E-state index contributed by atoms with van der Waals surface area (Å²) in [5.41, 5.74) is 0. The second kappa shape index (κ2) is 8.29. The molecule has 0 aromatic carbocycles. The predicted octanol–water partition coefficient (Wildman–Crippen LogP) is 1.13. The molecule has 1 aliphatic rings. The number of carbonyl (C=O) groups excluding carboxylic acids is 2. The number of piperidine rings is 1.